The van der Waals surface area contributed by atoms with Crippen molar-refractivity contribution in [3.63, 3.8) is 0 Å². The van der Waals surface area contributed by atoms with Crippen LogP contribution < -0.4 is 14.7 Å². The lowest BCUT2D eigenvalue weighted by Gasteiger charge is -2.35. The summed E-state index contributed by atoms with van der Waals surface area (Å²) in [4.78, 5) is 19.7. The van der Waals surface area contributed by atoms with Crippen LogP contribution in [-0.4, -0.2) is 55.2 Å². The van der Waals surface area contributed by atoms with Crippen molar-refractivity contribution in [2.45, 2.75) is 0 Å². The van der Waals surface area contributed by atoms with Crippen LogP contribution >= 0.6 is 11.6 Å². The Morgan fingerprint density at radius 1 is 1.00 bits per heavy atom. The first-order valence-corrected chi connectivity index (χ1v) is 7.64. The quantitative estimate of drug-likeness (QED) is 0.861. The molecule has 2 aromatic rings. The highest BCUT2D eigenvalue weighted by molar-refractivity contribution is 6.32. The molecule has 1 fully saturated rings. The third-order valence-electron chi connectivity index (χ3n) is 3.69. The maximum atomic E-state index is 6.22. The number of halogens is 1. The molecule has 0 spiro atoms. The van der Waals surface area contributed by atoms with Gasteiger partial charge in [0, 0.05) is 52.7 Å². The van der Waals surface area contributed by atoms with E-state index in [0.717, 1.165) is 43.8 Å². The van der Waals surface area contributed by atoms with Crippen LogP contribution in [0.15, 0.2) is 30.6 Å². The van der Waals surface area contributed by atoms with Gasteiger partial charge in [0.15, 0.2) is 0 Å². The van der Waals surface area contributed by atoms with Crippen molar-refractivity contribution >= 4 is 29.2 Å². The fourth-order valence-electron chi connectivity index (χ4n) is 2.47. The summed E-state index contributed by atoms with van der Waals surface area (Å²) in [6.45, 7) is 3.41. The standard InChI is InChI=1S/C15H19ClN6/c1-20(2)13-5-7-18-15(19-13)22-10-8-21(9-11-22)14-12(16)4-3-6-17-14/h3-7H,8-11H2,1-2H3. The van der Waals surface area contributed by atoms with Crippen LogP contribution in [0.5, 0.6) is 0 Å². The van der Waals surface area contributed by atoms with Gasteiger partial charge in [-0.25, -0.2) is 9.97 Å². The van der Waals surface area contributed by atoms with E-state index in [9.17, 15) is 0 Å². The lowest BCUT2D eigenvalue weighted by atomic mass is 10.3. The van der Waals surface area contributed by atoms with Gasteiger partial charge in [-0.05, 0) is 18.2 Å². The first kappa shape index (κ1) is 14.8. The summed E-state index contributed by atoms with van der Waals surface area (Å²) in [5.74, 6) is 2.55. The third kappa shape index (κ3) is 3.06. The Kier molecular flexibility index (Phi) is 4.29. The van der Waals surface area contributed by atoms with Crippen molar-refractivity contribution in [2.75, 3.05) is 55.0 Å². The molecule has 0 saturated carbocycles. The molecule has 6 nitrogen and oxygen atoms in total. The van der Waals surface area contributed by atoms with Crippen molar-refractivity contribution in [3.8, 4) is 0 Å². The number of pyridine rings is 1. The van der Waals surface area contributed by atoms with Gasteiger partial charge in [-0.1, -0.05) is 11.6 Å². The van der Waals surface area contributed by atoms with Gasteiger partial charge in [0.25, 0.3) is 0 Å². The fraction of sp³-hybridized carbons (Fsp3) is 0.400. The van der Waals surface area contributed by atoms with Gasteiger partial charge in [0.05, 0.1) is 5.02 Å². The van der Waals surface area contributed by atoms with Crippen molar-refractivity contribution in [1.82, 2.24) is 15.0 Å². The van der Waals surface area contributed by atoms with E-state index in [1.165, 1.54) is 0 Å². The molecule has 0 aromatic carbocycles. The molecule has 0 atom stereocenters. The van der Waals surface area contributed by atoms with Crippen molar-refractivity contribution < 1.29 is 0 Å². The Labute approximate surface area is 135 Å². The summed E-state index contributed by atoms with van der Waals surface area (Å²) < 4.78 is 0. The van der Waals surface area contributed by atoms with E-state index in [-0.39, 0.29) is 0 Å². The minimum absolute atomic E-state index is 0.696. The Morgan fingerprint density at radius 3 is 2.41 bits per heavy atom. The Hall–Kier alpha value is -2.08. The molecule has 2 aromatic heterocycles. The first-order chi connectivity index (χ1) is 10.6. The Balaban J connectivity index is 1.69. The summed E-state index contributed by atoms with van der Waals surface area (Å²) in [5.41, 5.74) is 0. The third-order valence-corrected chi connectivity index (χ3v) is 3.98. The smallest absolute Gasteiger partial charge is 0.227 e. The minimum Gasteiger partial charge on any atom is -0.363 e. The number of piperazine rings is 1. The van der Waals surface area contributed by atoms with Gasteiger partial charge in [-0.15, -0.1) is 0 Å². The predicted octanol–water partition coefficient (Wildman–Crippen LogP) is 1.92. The lowest BCUT2D eigenvalue weighted by Crippen LogP contribution is -2.47. The van der Waals surface area contributed by atoms with E-state index in [2.05, 4.69) is 24.8 Å². The molecule has 1 aliphatic heterocycles. The van der Waals surface area contributed by atoms with Gasteiger partial charge >= 0.3 is 0 Å². The normalized spacial score (nSPS) is 15.0. The van der Waals surface area contributed by atoms with Crippen LogP contribution in [0.4, 0.5) is 17.6 Å². The molecule has 1 aliphatic rings. The number of nitrogens with zero attached hydrogens (tertiary/aromatic N) is 6. The molecule has 116 valence electrons. The number of rotatable bonds is 3. The van der Waals surface area contributed by atoms with Crippen molar-refractivity contribution in [2.24, 2.45) is 0 Å². The molecule has 0 amide bonds. The highest BCUT2D eigenvalue weighted by Crippen LogP contribution is 2.24. The molecule has 7 heteroatoms. The summed E-state index contributed by atoms with van der Waals surface area (Å²) in [5, 5.41) is 0.696. The minimum atomic E-state index is 0.696. The van der Waals surface area contributed by atoms with Crippen LogP contribution in [-0.2, 0) is 0 Å². The van der Waals surface area contributed by atoms with Gasteiger partial charge in [0.1, 0.15) is 11.6 Å². The van der Waals surface area contributed by atoms with Gasteiger partial charge in [-0.3, -0.25) is 0 Å². The van der Waals surface area contributed by atoms with E-state index < -0.39 is 0 Å². The molecule has 0 N–H and O–H groups in total. The maximum absolute atomic E-state index is 6.22. The number of aromatic nitrogens is 3. The van der Waals surface area contributed by atoms with Crippen LogP contribution in [0.25, 0.3) is 0 Å². The molecule has 0 aliphatic carbocycles. The Morgan fingerprint density at radius 2 is 1.73 bits per heavy atom. The first-order valence-electron chi connectivity index (χ1n) is 7.26. The number of hydrogen-bond donors (Lipinski definition) is 0. The van der Waals surface area contributed by atoms with E-state index in [1.54, 1.807) is 12.4 Å². The molecule has 0 bridgehead atoms. The zero-order valence-corrected chi connectivity index (χ0v) is 13.5. The summed E-state index contributed by atoms with van der Waals surface area (Å²) in [6, 6.07) is 5.63. The van der Waals surface area contributed by atoms with Crippen LogP contribution in [0.2, 0.25) is 5.02 Å². The zero-order valence-electron chi connectivity index (χ0n) is 12.8. The van der Waals surface area contributed by atoms with E-state index in [0.29, 0.717) is 5.02 Å². The average Bonchev–Trinajstić information content (AvgIpc) is 2.56. The number of hydrogen-bond acceptors (Lipinski definition) is 6. The summed E-state index contributed by atoms with van der Waals surface area (Å²) in [6.07, 6.45) is 3.58. The predicted molar refractivity (Wildman–Crippen MR) is 90.0 cm³/mol. The molecule has 0 radical (unpaired) electrons. The summed E-state index contributed by atoms with van der Waals surface area (Å²) in [7, 11) is 3.96. The van der Waals surface area contributed by atoms with Gasteiger partial charge in [0.2, 0.25) is 5.95 Å². The molecule has 3 heterocycles. The van der Waals surface area contributed by atoms with Crippen LogP contribution in [0.3, 0.4) is 0 Å². The highest BCUT2D eigenvalue weighted by atomic mass is 35.5. The van der Waals surface area contributed by atoms with Gasteiger partial charge in [-0.2, -0.15) is 4.98 Å². The molecular weight excluding hydrogens is 300 g/mol. The number of anilines is 3. The Bertz CT molecular complexity index is 639. The molecule has 0 unspecified atom stereocenters. The zero-order chi connectivity index (χ0) is 15.5. The maximum Gasteiger partial charge on any atom is 0.227 e. The lowest BCUT2D eigenvalue weighted by molar-refractivity contribution is 0.634. The average molecular weight is 319 g/mol. The summed E-state index contributed by atoms with van der Waals surface area (Å²) >= 11 is 6.22. The van der Waals surface area contributed by atoms with E-state index in [4.69, 9.17) is 11.6 Å². The van der Waals surface area contributed by atoms with Crippen LogP contribution in [0, 0.1) is 0 Å². The topological polar surface area (TPSA) is 48.4 Å². The van der Waals surface area contributed by atoms with Gasteiger partial charge < -0.3 is 14.7 Å². The molecular formula is C15H19ClN6. The van der Waals surface area contributed by atoms with Crippen molar-refractivity contribution in [1.29, 1.82) is 0 Å². The molecule has 1 saturated heterocycles. The highest BCUT2D eigenvalue weighted by Gasteiger charge is 2.21. The second-order valence-electron chi connectivity index (χ2n) is 5.39. The largest absolute Gasteiger partial charge is 0.363 e. The van der Waals surface area contributed by atoms with E-state index in [1.807, 2.05) is 37.2 Å². The second-order valence-corrected chi connectivity index (χ2v) is 5.80. The second kappa shape index (κ2) is 6.36. The monoisotopic (exact) mass is 318 g/mol. The SMILES string of the molecule is CN(C)c1ccnc(N2CCN(c3ncccc3Cl)CC2)n1. The molecule has 22 heavy (non-hydrogen) atoms. The van der Waals surface area contributed by atoms with E-state index >= 15 is 0 Å². The molecule has 3 rings (SSSR count). The van der Waals surface area contributed by atoms with Crippen molar-refractivity contribution in [3.05, 3.63) is 35.6 Å². The van der Waals surface area contributed by atoms with Crippen LogP contribution in [0.1, 0.15) is 0 Å². The fourth-order valence-corrected chi connectivity index (χ4v) is 2.71.